The Morgan fingerprint density at radius 1 is 0.632 bits per heavy atom. The minimum atomic E-state index is -0.525. The fraction of sp³-hybridized carbons (Fsp3) is 0.896. The van der Waals surface area contributed by atoms with Crippen LogP contribution in [0.1, 0.15) is 239 Å². The molecule has 3 N–H and O–H groups in total. The van der Waals surface area contributed by atoms with E-state index in [0.29, 0.717) is 13.0 Å². The maximum absolute atomic E-state index is 12.8. The maximum atomic E-state index is 12.8. The average molecular weight is 807 g/mol. The van der Waals surface area contributed by atoms with E-state index in [0.717, 1.165) is 109 Å². The number of hydrogen-bond donors (Lipinski definition) is 2. The lowest BCUT2D eigenvalue weighted by molar-refractivity contribution is -0.403. The summed E-state index contributed by atoms with van der Waals surface area (Å²) in [5, 5.41) is 13.6. The minimum absolute atomic E-state index is 0.00233. The molecule has 0 unspecified atom stereocenters. The molecule has 57 heavy (non-hydrogen) atoms. The molecule has 0 atom stereocenters. The summed E-state index contributed by atoms with van der Waals surface area (Å²) < 4.78 is 11.9. The number of hydrogen-bond acceptors (Lipinski definition) is 8. The molecule has 9 heteroatoms. The molecule has 0 aromatic heterocycles. The Bertz CT molecular complexity index is 930. The lowest BCUT2D eigenvalue weighted by Crippen LogP contribution is -2.30. The van der Waals surface area contributed by atoms with Gasteiger partial charge in [-0.25, -0.2) is 0 Å². The van der Waals surface area contributed by atoms with Gasteiger partial charge in [-0.1, -0.05) is 169 Å². The molecule has 0 amide bonds. The van der Waals surface area contributed by atoms with Crippen LogP contribution in [-0.4, -0.2) is 54.7 Å². The van der Waals surface area contributed by atoms with Crippen LogP contribution in [0.15, 0.2) is 24.4 Å². The molecule has 0 aliphatic heterocycles. The molecule has 0 heterocycles. The highest BCUT2D eigenvalue weighted by atomic mass is 16.6. The van der Waals surface area contributed by atoms with Gasteiger partial charge in [0.05, 0.1) is 17.3 Å². The van der Waals surface area contributed by atoms with E-state index >= 15 is 0 Å². The summed E-state index contributed by atoms with van der Waals surface area (Å²) in [5.74, 6) is 1.05. The van der Waals surface area contributed by atoms with Crippen molar-refractivity contribution in [3.8, 4) is 0 Å². The van der Waals surface area contributed by atoms with Crippen LogP contribution in [0.3, 0.4) is 0 Å². The van der Waals surface area contributed by atoms with Gasteiger partial charge in [0.15, 0.2) is 5.82 Å². The van der Waals surface area contributed by atoms with Crippen LogP contribution in [-0.2, 0) is 14.3 Å². The monoisotopic (exact) mass is 807 g/mol. The van der Waals surface area contributed by atoms with Crippen LogP contribution in [0.4, 0.5) is 0 Å². The lowest BCUT2D eigenvalue weighted by Gasteiger charge is -2.22. The fourth-order valence-corrected chi connectivity index (χ4v) is 7.51. The second kappa shape index (κ2) is 43.3. The Morgan fingerprint density at radius 2 is 1.05 bits per heavy atom. The molecular formula is C48H94N4O5. The van der Waals surface area contributed by atoms with E-state index in [-0.39, 0.29) is 17.9 Å². The molecule has 0 radical (unpaired) electrons. The van der Waals surface area contributed by atoms with Crippen LogP contribution in [0.2, 0.25) is 0 Å². The minimum Gasteiger partial charge on any atom is -0.499 e. The van der Waals surface area contributed by atoms with Gasteiger partial charge in [-0.3, -0.25) is 14.9 Å². The number of nitrogens with two attached hydrogens (primary N) is 1. The molecule has 0 aromatic rings. The topological polar surface area (TPSA) is 120 Å². The van der Waals surface area contributed by atoms with E-state index in [1.165, 1.54) is 141 Å². The van der Waals surface area contributed by atoms with Crippen LogP contribution in [0.25, 0.3) is 0 Å². The van der Waals surface area contributed by atoms with Crippen molar-refractivity contribution in [3.05, 3.63) is 34.5 Å². The van der Waals surface area contributed by atoms with Gasteiger partial charge in [-0.2, -0.15) is 0 Å². The van der Waals surface area contributed by atoms with Gasteiger partial charge in [-0.05, 0) is 83.8 Å². The number of unbranched alkanes of at least 4 members (excludes halogenated alkanes) is 24. The maximum Gasteiger partial charge on any atom is 0.306 e. The van der Waals surface area contributed by atoms with Crippen molar-refractivity contribution in [3.63, 3.8) is 0 Å². The van der Waals surface area contributed by atoms with Crippen LogP contribution < -0.4 is 11.1 Å². The Balaban J connectivity index is 4.41. The second-order valence-electron chi connectivity index (χ2n) is 16.8. The summed E-state index contributed by atoms with van der Waals surface area (Å²) in [7, 11) is 0. The molecule has 0 spiro atoms. The van der Waals surface area contributed by atoms with Crippen molar-refractivity contribution in [1.29, 1.82) is 0 Å². The zero-order valence-electron chi connectivity index (χ0n) is 38.0. The predicted molar refractivity (Wildman–Crippen MR) is 243 cm³/mol. The summed E-state index contributed by atoms with van der Waals surface area (Å²) in [6.07, 6.45) is 41.1. The molecule has 0 aliphatic rings. The first kappa shape index (κ1) is 54.7. The Kier molecular flexibility index (Phi) is 41.6. The summed E-state index contributed by atoms with van der Waals surface area (Å²) >= 11 is 0. The predicted octanol–water partition coefficient (Wildman–Crippen LogP) is 13.7. The fourth-order valence-electron chi connectivity index (χ4n) is 7.51. The second-order valence-corrected chi connectivity index (χ2v) is 16.8. The number of carbonyl (C=O) groups excluding carboxylic acids is 1. The third kappa shape index (κ3) is 41.7. The van der Waals surface area contributed by atoms with Crippen molar-refractivity contribution < 1.29 is 19.2 Å². The Hall–Kier alpha value is -2.29. The number of rotatable bonds is 46. The highest BCUT2D eigenvalue weighted by molar-refractivity contribution is 5.69. The van der Waals surface area contributed by atoms with E-state index in [2.05, 4.69) is 37.6 Å². The first-order chi connectivity index (χ1) is 27.8. The quantitative estimate of drug-likeness (QED) is 0.0205. The molecule has 0 aromatic carbocycles. The third-order valence-electron chi connectivity index (χ3n) is 11.1. The van der Waals surface area contributed by atoms with E-state index in [9.17, 15) is 14.9 Å². The summed E-state index contributed by atoms with van der Waals surface area (Å²) in [4.78, 5) is 25.5. The van der Waals surface area contributed by atoms with Gasteiger partial charge in [0.2, 0.25) is 0 Å². The standard InChI is InChI=1S/C48H94N4O5/c1-5-8-11-14-17-26-33-43-56-45(4)35-27-20-18-24-31-40-51(42-34-39-50-47(49)44-52(54)55)41-32-25-19-23-30-38-48(53)57-46(36-28-21-15-12-9-6-2)37-29-22-16-13-10-7-3/h44,46,50H,4-43,49H2,1-3H3/b47-44+. The summed E-state index contributed by atoms with van der Waals surface area (Å²) in [5.41, 5.74) is 5.71. The smallest absolute Gasteiger partial charge is 0.306 e. The molecule has 0 bridgehead atoms. The van der Waals surface area contributed by atoms with Crippen LogP contribution in [0.5, 0.6) is 0 Å². The first-order valence-electron chi connectivity index (χ1n) is 24.4. The number of allylic oxidation sites excluding steroid dienone is 1. The first-order valence-corrected chi connectivity index (χ1v) is 24.4. The number of nitro groups is 1. The van der Waals surface area contributed by atoms with Crippen molar-refractivity contribution >= 4 is 5.97 Å². The van der Waals surface area contributed by atoms with Gasteiger partial charge in [0, 0.05) is 19.4 Å². The normalized spacial score (nSPS) is 11.8. The van der Waals surface area contributed by atoms with E-state index in [4.69, 9.17) is 15.2 Å². The SMILES string of the molecule is C=C(CCCCCCCN(CCCCCCCC(=O)OC(CCCCCCCC)CCCCCCCC)CCCN/C(N)=C/[N+](=O)[O-])OCCCCCCCCC. The Labute approximate surface area is 352 Å². The summed E-state index contributed by atoms with van der Waals surface area (Å²) in [6.45, 7) is 15.4. The largest absolute Gasteiger partial charge is 0.499 e. The summed E-state index contributed by atoms with van der Waals surface area (Å²) in [6, 6.07) is 0. The number of carbonyl (C=O) groups is 1. The van der Waals surface area contributed by atoms with Gasteiger partial charge in [0.1, 0.15) is 6.10 Å². The van der Waals surface area contributed by atoms with E-state index in [1.54, 1.807) is 0 Å². The van der Waals surface area contributed by atoms with Crippen LogP contribution in [0, 0.1) is 10.1 Å². The zero-order valence-corrected chi connectivity index (χ0v) is 38.0. The molecule has 9 nitrogen and oxygen atoms in total. The highest BCUT2D eigenvalue weighted by Crippen LogP contribution is 2.19. The number of ether oxygens (including phenoxy) is 2. The number of esters is 1. The van der Waals surface area contributed by atoms with Crippen molar-refractivity contribution in [1.82, 2.24) is 10.2 Å². The molecule has 0 saturated carbocycles. The molecule has 0 fully saturated rings. The van der Waals surface area contributed by atoms with Gasteiger partial charge < -0.3 is 25.4 Å². The third-order valence-corrected chi connectivity index (χ3v) is 11.1. The highest BCUT2D eigenvalue weighted by Gasteiger charge is 2.14. The zero-order chi connectivity index (χ0) is 41.9. The van der Waals surface area contributed by atoms with E-state index < -0.39 is 4.92 Å². The van der Waals surface area contributed by atoms with Gasteiger partial charge >= 0.3 is 5.97 Å². The number of nitrogens with one attached hydrogen (secondary N) is 1. The van der Waals surface area contributed by atoms with Crippen LogP contribution >= 0.6 is 0 Å². The average Bonchev–Trinajstić information content (AvgIpc) is 3.18. The van der Waals surface area contributed by atoms with Gasteiger partial charge in [-0.15, -0.1) is 0 Å². The lowest BCUT2D eigenvalue weighted by atomic mass is 10.0. The van der Waals surface area contributed by atoms with E-state index in [1.807, 2.05) is 0 Å². The van der Waals surface area contributed by atoms with Crippen molar-refractivity contribution in [2.75, 3.05) is 32.8 Å². The molecule has 0 aliphatic carbocycles. The molecular weight excluding hydrogens is 713 g/mol. The number of nitrogens with zero attached hydrogens (tertiary/aromatic N) is 2. The molecule has 336 valence electrons. The molecule has 0 saturated heterocycles. The van der Waals surface area contributed by atoms with Crippen molar-refractivity contribution in [2.45, 2.75) is 245 Å². The molecule has 0 rings (SSSR count). The van der Waals surface area contributed by atoms with Gasteiger partial charge in [0.25, 0.3) is 6.20 Å². The van der Waals surface area contributed by atoms with Crippen molar-refractivity contribution in [2.24, 2.45) is 5.73 Å². The Morgan fingerprint density at radius 3 is 1.56 bits per heavy atom.